The lowest BCUT2D eigenvalue weighted by molar-refractivity contribution is 0.117. The summed E-state index contributed by atoms with van der Waals surface area (Å²) in [5.41, 5.74) is 1.27. The highest BCUT2D eigenvalue weighted by atomic mass is 28.3. The van der Waals surface area contributed by atoms with Gasteiger partial charge in [0.1, 0.15) is 0 Å². The molecule has 0 aliphatic heterocycles. The van der Waals surface area contributed by atoms with Crippen LogP contribution in [0.25, 0.3) is 0 Å². The van der Waals surface area contributed by atoms with Gasteiger partial charge in [-0.15, -0.1) is 0 Å². The van der Waals surface area contributed by atoms with Crippen LogP contribution in [0.2, 0.25) is 5.16 Å². The topological polar surface area (TPSA) is 9.23 Å². The highest BCUT2D eigenvalue weighted by molar-refractivity contribution is 6.73. The van der Waals surface area contributed by atoms with E-state index < -0.39 is 0 Å². The third-order valence-corrected chi connectivity index (χ3v) is 10.8. The van der Waals surface area contributed by atoms with E-state index in [1.54, 1.807) is 10.4 Å². The maximum atomic E-state index is 5.84. The van der Waals surface area contributed by atoms with E-state index in [1.807, 2.05) is 0 Å². The second kappa shape index (κ2) is 12.5. The lowest BCUT2D eigenvalue weighted by Gasteiger charge is -2.16. The zero-order chi connectivity index (χ0) is 19.3. The van der Waals surface area contributed by atoms with E-state index in [-0.39, 0.29) is 19.0 Å². The predicted octanol–water partition coefficient (Wildman–Crippen LogP) is 3.50. The first-order chi connectivity index (χ1) is 13.9. The van der Waals surface area contributed by atoms with E-state index in [1.165, 1.54) is 31.2 Å². The van der Waals surface area contributed by atoms with Crippen molar-refractivity contribution in [2.75, 3.05) is 6.61 Å². The summed E-state index contributed by atoms with van der Waals surface area (Å²) in [5.74, 6) is 0. The normalized spacial score (nSPS) is 12.9. The summed E-state index contributed by atoms with van der Waals surface area (Å²) in [6, 6.07) is 32.9. The van der Waals surface area contributed by atoms with Gasteiger partial charge < -0.3 is 4.74 Å². The Kier molecular flexibility index (Phi) is 9.28. The molecule has 0 saturated carbocycles. The summed E-state index contributed by atoms with van der Waals surface area (Å²) in [7, 11) is -0.379. The van der Waals surface area contributed by atoms with Crippen molar-refractivity contribution in [2.24, 2.45) is 0 Å². The molecule has 146 valence electrons. The average Bonchev–Trinajstić information content (AvgIpc) is 2.75. The molecule has 3 aromatic carbocycles. The molecule has 0 radical (unpaired) electrons. The Balaban J connectivity index is 1.38. The third kappa shape index (κ3) is 7.97. The summed E-state index contributed by atoms with van der Waals surface area (Å²) >= 11 is 0. The third-order valence-electron chi connectivity index (χ3n) is 5.25. The maximum absolute atomic E-state index is 5.84. The fourth-order valence-electron chi connectivity index (χ4n) is 3.75. The zero-order valence-electron chi connectivity index (χ0n) is 16.8. The molecular formula is C25H32OSi2. The first-order valence-corrected chi connectivity index (χ1v) is 13.6. The molecule has 0 fully saturated rings. The number of unbranched alkanes of at least 4 members (excludes halogenated alkanes) is 2. The molecule has 3 aromatic rings. The fraction of sp³-hybridized carbons (Fsp3) is 0.280. The Bertz CT molecular complexity index is 721. The predicted molar refractivity (Wildman–Crippen MR) is 128 cm³/mol. The van der Waals surface area contributed by atoms with Gasteiger partial charge in [0.25, 0.3) is 0 Å². The van der Waals surface area contributed by atoms with Crippen LogP contribution in [0.4, 0.5) is 0 Å². The van der Waals surface area contributed by atoms with E-state index in [2.05, 4.69) is 91.0 Å². The molecule has 0 bridgehead atoms. The van der Waals surface area contributed by atoms with Crippen molar-refractivity contribution in [3.05, 3.63) is 96.6 Å². The lowest BCUT2D eigenvalue weighted by Crippen LogP contribution is -2.29. The lowest BCUT2D eigenvalue weighted by atomic mass is 10.2. The molecule has 1 nitrogen and oxygen atoms in total. The molecule has 0 N–H and O–H groups in total. The van der Waals surface area contributed by atoms with Gasteiger partial charge in [0, 0.05) is 6.61 Å². The highest BCUT2D eigenvalue weighted by Gasteiger charge is 2.12. The molecule has 3 heteroatoms. The van der Waals surface area contributed by atoms with Gasteiger partial charge in [-0.3, -0.25) is 0 Å². The van der Waals surface area contributed by atoms with Crippen molar-refractivity contribution in [3.8, 4) is 0 Å². The Morgan fingerprint density at radius 2 is 1.14 bits per heavy atom. The molecule has 28 heavy (non-hydrogen) atoms. The van der Waals surface area contributed by atoms with E-state index in [0.29, 0.717) is 0 Å². The van der Waals surface area contributed by atoms with Crippen molar-refractivity contribution in [1.29, 1.82) is 0 Å². The minimum atomic E-state index is -0.190. The van der Waals surface area contributed by atoms with Crippen LogP contribution in [0, 0.1) is 0 Å². The molecule has 0 atom stereocenters. The molecule has 0 saturated heterocycles. The van der Waals surface area contributed by atoms with Gasteiger partial charge >= 0.3 is 0 Å². The molecule has 0 aliphatic carbocycles. The van der Waals surface area contributed by atoms with Crippen molar-refractivity contribution < 1.29 is 4.74 Å². The van der Waals surface area contributed by atoms with Gasteiger partial charge in [-0.25, -0.2) is 0 Å². The van der Waals surface area contributed by atoms with E-state index in [4.69, 9.17) is 4.74 Å². The maximum Gasteiger partial charge on any atom is 0.0716 e. The van der Waals surface area contributed by atoms with Crippen LogP contribution >= 0.6 is 0 Å². The van der Waals surface area contributed by atoms with Crippen LogP contribution in [-0.2, 0) is 11.3 Å². The second-order valence-corrected chi connectivity index (χ2v) is 13.5. The summed E-state index contributed by atoms with van der Waals surface area (Å²) in [6.45, 7) is 1.62. The van der Waals surface area contributed by atoms with Crippen LogP contribution in [0.1, 0.15) is 31.2 Å². The molecule has 0 aromatic heterocycles. The quantitative estimate of drug-likeness (QED) is 0.332. The number of benzene rings is 3. The van der Waals surface area contributed by atoms with Gasteiger partial charge in [-0.2, -0.15) is 0 Å². The number of rotatable bonds is 12. The van der Waals surface area contributed by atoms with Crippen LogP contribution in [0.3, 0.4) is 0 Å². The highest BCUT2D eigenvalue weighted by Crippen LogP contribution is 2.14. The molecule has 0 heterocycles. The fourth-order valence-corrected chi connectivity index (χ4v) is 9.73. The summed E-state index contributed by atoms with van der Waals surface area (Å²) < 4.78 is 5.84. The van der Waals surface area contributed by atoms with Gasteiger partial charge in [0.2, 0.25) is 0 Å². The molecule has 3 rings (SSSR count). The number of ether oxygens (including phenoxy) is 1. The number of hydrogen-bond donors (Lipinski definition) is 0. The summed E-state index contributed by atoms with van der Waals surface area (Å²) in [4.78, 5) is 0. The Morgan fingerprint density at radius 1 is 0.607 bits per heavy atom. The minimum Gasteiger partial charge on any atom is -0.377 e. The average molecular weight is 405 g/mol. The van der Waals surface area contributed by atoms with Gasteiger partial charge in [0.15, 0.2) is 0 Å². The zero-order valence-corrected chi connectivity index (χ0v) is 19.6. The molecule has 0 unspecified atom stereocenters. The molecule has 0 amide bonds. The van der Waals surface area contributed by atoms with Gasteiger partial charge in [-0.05, 0) is 12.0 Å². The van der Waals surface area contributed by atoms with Crippen molar-refractivity contribution >= 4 is 29.4 Å². The molecule has 0 aliphatic rings. The van der Waals surface area contributed by atoms with Crippen LogP contribution in [0.15, 0.2) is 91.0 Å². The Labute approximate surface area is 174 Å². The minimum absolute atomic E-state index is 0.190. The second-order valence-electron chi connectivity index (χ2n) is 7.63. The monoisotopic (exact) mass is 404 g/mol. The summed E-state index contributed by atoms with van der Waals surface area (Å²) in [5, 5.41) is 4.24. The largest absolute Gasteiger partial charge is 0.377 e. The van der Waals surface area contributed by atoms with E-state index in [0.717, 1.165) is 18.4 Å². The van der Waals surface area contributed by atoms with Gasteiger partial charge in [-0.1, -0.05) is 126 Å². The van der Waals surface area contributed by atoms with Crippen LogP contribution in [0.5, 0.6) is 0 Å². The van der Waals surface area contributed by atoms with E-state index in [9.17, 15) is 0 Å². The van der Waals surface area contributed by atoms with Crippen molar-refractivity contribution in [3.63, 3.8) is 0 Å². The number of hydrogen-bond acceptors (Lipinski definition) is 1. The van der Waals surface area contributed by atoms with Crippen molar-refractivity contribution in [1.82, 2.24) is 0 Å². The first kappa shape index (κ1) is 20.8. The Hall–Kier alpha value is -1.95. The van der Waals surface area contributed by atoms with Gasteiger partial charge in [0.05, 0.1) is 25.6 Å². The first-order valence-electron chi connectivity index (χ1n) is 10.6. The smallest absolute Gasteiger partial charge is 0.0716 e. The SMILES string of the molecule is c1ccc(COCCCCCC([SiH2]c2ccccc2)[SiH2]c2ccccc2)cc1. The van der Waals surface area contributed by atoms with Crippen LogP contribution in [-0.4, -0.2) is 25.6 Å². The molecule has 0 spiro atoms. The summed E-state index contributed by atoms with van der Waals surface area (Å²) in [6.07, 6.45) is 5.22. The van der Waals surface area contributed by atoms with E-state index >= 15 is 0 Å². The standard InChI is InChI=1S/C25H32OSi2/c1-5-13-22(14-6-1)21-26-20-12-4-11-19-25(27-23-15-7-2-8-16-23)28-24-17-9-3-10-18-24/h1-3,5-10,13-18,25H,4,11-12,19-21,27-28H2. The van der Waals surface area contributed by atoms with Crippen LogP contribution < -0.4 is 10.4 Å². The molecular weight excluding hydrogens is 372 g/mol. The Morgan fingerprint density at radius 3 is 1.71 bits per heavy atom. The van der Waals surface area contributed by atoms with Crippen molar-refractivity contribution in [2.45, 2.75) is 37.5 Å².